The smallest absolute Gasteiger partial charge is 0.151 e. The summed E-state index contributed by atoms with van der Waals surface area (Å²) in [6, 6.07) is 4.18. The highest BCUT2D eigenvalue weighted by atomic mass is 19.1. The summed E-state index contributed by atoms with van der Waals surface area (Å²) in [5.74, 6) is -1.19. The lowest BCUT2D eigenvalue weighted by atomic mass is 10.0. The molecule has 0 bridgehead atoms. The molecule has 24 heavy (non-hydrogen) atoms. The number of hydrogen-bond donors (Lipinski definition) is 1. The Morgan fingerprint density at radius 3 is 2.62 bits per heavy atom. The fourth-order valence-corrected chi connectivity index (χ4v) is 3.36. The van der Waals surface area contributed by atoms with Crippen LogP contribution in [-0.4, -0.2) is 40.9 Å². The summed E-state index contributed by atoms with van der Waals surface area (Å²) >= 11 is 0. The molecule has 1 unspecified atom stereocenters. The van der Waals surface area contributed by atoms with Crippen LogP contribution in [0.25, 0.3) is 5.69 Å². The summed E-state index contributed by atoms with van der Waals surface area (Å²) in [5, 5.41) is 7.96. The number of benzene rings is 1. The van der Waals surface area contributed by atoms with Crippen molar-refractivity contribution in [3.8, 4) is 5.69 Å². The van der Waals surface area contributed by atoms with Crippen molar-refractivity contribution in [2.75, 3.05) is 20.1 Å². The van der Waals surface area contributed by atoms with Gasteiger partial charge >= 0.3 is 0 Å². The molecule has 0 spiro atoms. The number of hydrogen-bond acceptors (Lipinski definition) is 3. The van der Waals surface area contributed by atoms with Crippen LogP contribution in [0.5, 0.6) is 0 Å². The van der Waals surface area contributed by atoms with Crippen LogP contribution < -0.4 is 5.32 Å². The predicted molar refractivity (Wildman–Crippen MR) is 90.3 cm³/mol. The van der Waals surface area contributed by atoms with E-state index in [0.717, 1.165) is 43.3 Å². The lowest BCUT2D eigenvalue weighted by Crippen LogP contribution is -2.41. The first-order valence-corrected chi connectivity index (χ1v) is 8.40. The molecule has 0 aliphatic carbocycles. The van der Waals surface area contributed by atoms with Crippen molar-refractivity contribution in [3.63, 3.8) is 0 Å². The fourth-order valence-electron chi connectivity index (χ4n) is 3.36. The van der Waals surface area contributed by atoms with Crippen LogP contribution >= 0.6 is 0 Å². The Labute approximate surface area is 141 Å². The van der Waals surface area contributed by atoms with E-state index in [2.05, 4.69) is 29.3 Å². The van der Waals surface area contributed by atoms with Crippen molar-refractivity contribution in [2.24, 2.45) is 0 Å². The first-order valence-electron chi connectivity index (χ1n) is 8.40. The molecular formula is C18H24F2N4. The van der Waals surface area contributed by atoms with Gasteiger partial charge in [0.05, 0.1) is 6.20 Å². The normalized spacial score (nSPS) is 18.0. The largest absolute Gasteiger partial charge is 0.307 e. The zero-order valence-corrected chi connectivity index (χ0v) is 14.4. The minimum absolute atomic E-state index is 0.135. The molecule has 1 N–H and O–H groups in total. The van der Waals surface area contributed by atoms with Crippen LogP contribution in [0.1, 0.15) is 37.1 Å². The molecule has 1 atom stereocenters. The van der Waals surface area contributed by atoms with Crippen LogP contribution in [0.3, 0.4) is 0 Å². The maximum atomic E-state index is 14.0. The molecule has 130 valence electrons. The summed E-state index contributed by atoms with van der Waals surface area (Å²) < 4.78 is 28.7. The summed E-state index contributed by atoms with van der Waals surface area (Å²) in [6.45, 7) is 6.22. The molecule has 0 saturated carbocycles. The minimum atomic E-state index is -0.608. The second-order valence-electron chi connectivity index (χ2n) is 6.66. The van der Waals surface area contributed by atoms with Gasteiger partial charge < -0.3 is 10.2 Å². The molecule has 1 aliphatic heterocycles. The zero-order valence-electron chi connectivity index (χ0n) is 14.4. The topological polar surface area (TPSA) is 33.1 Å². The highest BCUT2D eigenvalue weighted by molar-refractivity contribution is 5.37. The van der Waals surface area contributed by atoms with E-state index in [1.165, 1.54) is 16.8 Å². The average molecular weight is 334 g/mol. The van der Waals surface area contributed by atoms with Crippen LogP contribution in [-0.2, 0) is 0 Å². The molecule has 0 amide bonds. The van der Waals surface area contributed by atoms with Gasteiger partial charge in [0.25, 0.3) is 0 Å². The first kappa shape index (κ1) is 17.0. The van der Waals surface area contributed by atoms with Gasteiger partial charge in [-0.2, -0.15) is 5.10 Å². The van der Waals surface area contributed by atoms with Crippen molar-refractivity contribution in [1.82, 2.24) is 20.0 Å². The lowest BCUT2D eigenvalue weighted by Gasteiger charge is -2.31. The van der Waals surface area contributed by atoms with Gasteiger partial charge in [-0.05, 0) is 59.0 Å². The molecule has 1 aromatic carbocycles. The summed E-state index contributed by atoms with van der Waals surface area (Å²) in [6.07, 6.45) is 4.02. The Hall–Kier alpha value is -1.79. The summed E-state index contributed by atoms with van der Waals surface area (Å²) in [5.41, 5.74) is 2.18. The molecular weight excluding hydrogens is 310 g/mol. The Balaban J connectivity index is 1.76. The molecule has 1 saturated heterocycles. The van der Waals surface area contributed by atoms with Gasteiger partial charge in [0.15, 0.2) is 5.82 Å². The zero-order chi connectivity index (χ0) is 17.3. The third-order valence-electron chi connectivity index (χ3n) is 4.86. The highest BCUT2D eigenvalue weighted by Crippen LogP contribution is 2.23. The van der Waals surface area contributed by atoms with Gasteiger partial charge in [-0.3, -0.25) is 0 Å². The Morgan fingerprint density at radius 1 is 1.25 bits per heavy atom. The van der Waals surface area contributed by atoms with Crippen molar-refractivity contribution >= 4 is 0 Å². The SMILES string of the molecule is Cc1c(C(C)NC2CCN(C)CC2)cnn1-c1ccc(F)cc1F. The average Bonchev–Trinajstić information content (AvgIpc) is 2.91. The quantitative estimate of drug-likeness (QED) is 0.932. The predicted octanol–water partition coefficient (Wildman–Crippen LogP) is 3.20. The molecule has 1 fully saturated rings. The van der Waals surface area contributed by atoms with Gasteiger partial charge in [0, 0.05) is 29.4 Å². The van der Waals surface area contributed by atoms with Crippen molar-refractivity contribution in [2.45, 2.75) is 38.8 Å². The van der Waals surface area contributed by atoms with Crippen molar-refractivity contribution in [1.29, 1.82) is 0 Å². The second kappa shape index (κ2) is 6.99. The molecule has 1 aromatic heterocycles. The number of piperidine rings is 1. The van der Waals surface area contributed by atoms with Crippen LogP contribution in [0.15, 0.2) is 24.4 Å². The van der Waals surface area contributed by atoms with E-state index in [4.69, 9.17) is 0 Å². The lowest BCUT2D eigenvalue weighted by molar-refractivity contribution is 0.226. The summed E-state index contributed by atoms with van der Waals surface area (Å²) in [4.78, 5) is 2.34. The van der Waals surface area contributed by atoms with Crippen molar-refractivity contribution in [3.05, 3.63) is 47.3 Å². The van der Waals surface area contributed by atoms with E-state index in [9.17, 15) is 8.78 Å². The third-order valence-corrected chi connectivity index (χ3v) is 4.86. The van der Waals surface area contributed by atoms with Gasteiger partial charge in [0.2, 0.25) is 0 Å². The van der Waals surface area contributed by atoms with Crippen molar-refractivity contribution < 1.29 is 8.78 Å². The van der Waals surface area contributed by atoms with Crippen LogP contribution in [0.2, 0.25) is 0 Å². The number of aromatic nitrogens is 2. The molecule has 2 heterocycles. The summed E-state index contributed by atoms with van der Waals surface area (Å²) in [7, 11) is 2.14. The Kier molecular flexibility index (Phi) is 4.96. The second-order valence-corrected chi connectivity index (χ2v) is 6.66. The van der Waals surface area contributed by atoms with E-state index in [1.54, 1.807) is 6.20 Å². The number of halogens is 2. The molecule has 3 rings (SSSR count). The Bertz CT molecular complexity index is 705. The standard InChI is InChI=1S/C18H24F2N4/c1-12(22-15-6-8-23(3)9-7-15)16-11-21-24(13(16)2)18-5-4-14(19)10-17(18)20/h4-5,10-12,15,22H,6-9H2,1-3H3. The number of nitrogens with zero attached hydrogens (tertiary/aromatic N) is 3. The van der Waals surface area contributed by atoms with Crippen LogP contribution in [0, 0.1) is 18.6 Å². The molecule has 6 heteroatoms. The monoisotopic (exact) mass is 334 g/mol. The minimum Gasteiger partial charge on any atom is -0.307 e. The van der Waals surface area contributed by atoms with Gasteiger partial charge in [-0.1, -0.05) is 0 Å². The number of likely N-dealkylation sites (tertiary alicyclic amines) is 1. The number of nitrogens with one attached hydrogen (secondary N) is 1. The van der Waals surface area contributed by atoms with E-state index < -0.39 is 11.6 Å². The fraction of sp³-hybridized carbons (Fsp3) is 0.500. The maximum Gasteiger partial charge on any atom is 0.151 e. The van der Waals surface area contributed by atoms with E-state index in [-0.39, 0.29) is 11.7 Å². The first-order chi connectivity index (χ1) is 11.5. The third kappa shape index (κ3) is 3.49. The Morgan fingerprint density at radius 2 is 1.96 bits per heavy atom. The molecule has 4 nitrogen and oxygen atoms in total. The number of rotatable bonds is 4. The van der Waals surface area contributed by atoms with E-state index in [0.29, 0.717) is 6.04 Å². The molecule has 1 aliphatic rings. The van der Waals surface area contributed by atoms with Gasteiger partial charge in [-0.25, -0.2) is 13.5 Å². The van der Waals surface area contributed by atoms with Gasteiger partial charge in [0.1, 0.15) is 11.5 Å². The van der Waals surface area contributed by atoms with Gasteiger partial charge in [-0.15, -0.1) is 0 Å². The highest BCUT2D eigenvalue weighted by Gasteiger charge is 2.21. The van der Waals surface area contributed by atoms with Crippen LogP contribution in [0.4, 0.5) is 8.78 Å². The molecule has 0 radical (unpaired) electrons. The van der Waals surface area contributed by atoms with E-state index >= 15 is 0 Å². The molecule has 2 aromatic rings. The maximum absolute atomic E-state index is 14.0. The van der Waals surface area contributed by atoms with E-state index in [1.807, 2.05) is 6.92 Å².